The molecule has 7 heteroatoms. The molecule has 0 bridgehead atoms. The van der Waals surface area contributed by atoms with Crippen LogP contribution in [0.3, 0.4) is 0 Å². The summed E-state index contributed by atoms with van der Waals surface area (Å²) in [5.41, 5.74) is 0.740. The number of methoxy groups -OCH3 is 1. The summed E-state index contributed by atoms with van der Waals surface area (Å²) in [7, 11) is -2.23. The van der Waals surface area contributed by atoms with E-state index in [2.05, 4.69) is 0 Å². The molecule has 2 aromatic rings. The number of fused-ring (bicyclic) bond motifs is 1. The van der Waals surface area contributed by atoms with Gasteiger partial charge in [0, 0.05) is 23.4 Å². The molecule has 3 rings (SSSR count). The van der Waals surface area contributed by atoms with Gasteiger partial charge in [-0.15, -0.1) is 11.3 Å². The van der Waals surface area contributed by atoms with Crippen LogP contribution in [0.25, 0.3) is 0 Å². The molecular weight excluding hydrogens is 334 g/mol. The maximum atomic E-state index is 13.0. The summed E-state index contributed by atoms with van der Waals surface area (Å²) in [5.74, 6) is 0.331. The van der Waals surface area contributed by atoms with Crippen LogP contribution in [0.1, 0.15) is 28.6 Å². The number of ether oxygens (including phenoxy) is 1. The highest BCUT2D eigenvalue weighted by Gasteiger charge is 2.35. The molecule has 0 amide bonds. The minimum atomic E-state index is -3.70. The summed E-state index contributed by atoms with van der Waals surface area (Å²) in [5, 5.41) is 0. The Balaban J connectivity index is 2.15. The Hall–Kier alpha value is -1.86. The molecule has 0 radical (unpaired) electrons. The summed E-state index contributed by atoms with van der Waals surface area (Å²) in [6.45, 7) is 2.12. The molecule has 0 aliphatic carbocycles. The highest BCUT2D eigenvalue weighted by Crippen LogP contribution is 2.40. The molecule has 0 atom stereocenters. The fraction of sp³-hybridized carbons (Fsp3) is 0.312. The van der Waals surface area contributed by atoms with Crippen molar-refractivity contribution in [2.45, 2.75) is 24.0 Å². The van der Waals surface area contributed by atoms with Crippen molar-refractivity contribution in [3.63, 3.8) is 0 Å². The van der Waals surface area contributed by atoms with Crippen LogP contribution in [-0.4, -0.2) is 27.9 Å². The molecule has 1 aliphatic heterocycles. The van der Waals surface area contributed by atoms with Crippen molar-refractivity contribution < 1.29 is 17.9 Å². The molecule has 0 unspecified atom stereocenters. The quantitative estimate of drug-likeness (QED) is 0.849. The van der Waals surface area contributed by atoms with Crippen LogP contribution in [0.5, 0.6) is 5.75 Å². The lowest BCUT2D eigenvalue weighted by Crippen LogP contribution is -2.37. The van der Waals surface area contributed by atoms with Gasteiger partial charge < -0.3 is 4.74 Å². The number of Topliss-reactive ketones (excluding diaryl/α,β-unsaturated/α-hetero) is 1. The number of para-hydroxylation sites is 1. The van der Waals surface area contributed by atoms with Gasteiger partial charge in [0.1, 0.15) is 15.6 Å². The van der Waals surface area contributed by atoms with Crippen LogP contribution < -0.4 is 9.04 Å². The van der Waals surface area contributed by atoms with Gasteiger partial charge in [-0.3, -0.25) is 9.10 Å². The Bertz CT molecular complexity index is 855. The average molecular weight is 351 g/mol. The standard InChI is InChI=1S/C16H17NO4S2/c1-3-11-7-8-15(22-11)23(19,20)17-10-9-13(18)12-5-4-6-14(21-2)16(12)17/h4-8H,3,9-10H2,1-2H3. The first-order valence-electron chi connectivity index (χ1n) is 7.30. The summed E-state index contributed by atoms with van der Waals surface area (Å²) in [6.07, 6.45) is 0.962. The van der Waals surface area contributed by atoms with E-state index in [1.165, 1.54) is 22.8 Å². The van der Waals surface area contributed by atoms with E-state index < -0.39 is 10.0 Å². The highest BCUT2D eigenvalue weighted by atomic mass is 32.2. The number of aryl methyl sites for hydroxylation is 1. The zero-order valence-electron chi connectivity index (χ0n) is 12.9. The van der Waals surface area contributed by atoms with E-state index in [4.69, 9.17) is 4.74 Å². The van der Waals surface area contributed by atoms with Gasteiger partial charge in [-0.1, -0.05) is 13.0 Å². The lowest BCUT2D eigenvalue weighted by atomic mass is 10.0. The Morgan fingerprint density at radius 3 is 2.70 bits per heavy atom. The van der Waals surface area contributed by atoms with E-state index in [1.54, 1.807) is 24.3 Å². The smallest absolute Gasteiger partial charge is 0.273 e. The Labute approximate surface area is 139 Å². The normalized spacial score (nSPS) is 14.7. The Morgan fingerprint density at radius 2 is 2.04 bits per heavy atom. The SMILES string of the molecule is CCc1ccc(S(=O)(=O)N2CCC(=O)c3cccc(OC)c32)s1. The number of hydrogen-bond acceptors (Lipinski definition) is 5. The van der Waals surface area contributed by atoms with E-state index in [9.17, 15) is 13.2 Å². The van der Waals surface area contributed by atoms with E-state index in [0.717, 1.165) is 11.3 Å². The molecule has 0 saturated carbocycles. The molecule has 23 heavy (non-hydrogen) atoms. The minimum Gasteiger partial charge on any atom is -0.495 e. The van der Waals surface area contributed by atoms with Gasteiger partial charge in [0.25, 0.3) is 10.0 Å². The number of ketones is 1. The molecule has 2 heterocycles. The maximum Gasteiger partial charge on any atom is 0.273 e. The Kier molecular flexibility index (Phi) is 4.16. The van der Waals surface area contributed by atoms with Gasteiger partial charge in [0.15, 0.2) is 5.78 Å². The summed E-state index contributed by atoms with van der Waals surface area (Å²) < 4.78 is 32.9. The number of sulfonamides is 1. The first kappa shape index (κ1) is 16.0. The van der Waals surface area contributed by atoms with Gasteiger partial charge in [0.2, 0.25) is 0 Å². The zero-order chi connectivity index (χ0) is 16.6. The Morgan fingerprint density at radius 1 is 1.26 bits per heavy atom. The van der Waals surface area contributed by atoms with Crippen molar-refractivity contribution >= 4 is 32.8 Å². The summed E-state index contributed by atoms with van der Waals surface area (Å²) >= 11 is 1.27. The molecule has 0 saturated heterocycles. The second-order valence-electron chi connectivity index (χ2n) is 5.18. The van der Waals surface area contributed by atoms with Crippen LogP contribution >= 0.6 is 11.3 Å². The van der Waals surface area contributed by atoms with E-state index in [-0.39, 0.29) is 18.7 Å². The van der Waals surface area contributed by atoms with Gasteiger partial charge >= 0.3 is 0 Å². The van der Waals surface area contributed by atoms with Crippen molar-refractivity contribution in [1.29, 1.82) is 0 Å². The predicted molar refractivity (Wildman–Crippen MR) is 90.2 cm³/mol. The van der Waals surface area contributed by atoms with E-state index in [0.29, 0.717) is 21.2 Å². The van der Waals surface area contributed by atoms with Crippen LogP contribution in [0.4, 0.5) is 5.69 Å². The number of hydrogen-bond donors (Lipinski definition) is 0. The van der Waals surface area contributed by atoms with Gasteiger partial charge in [0.05, 0.1) is 7.11 Å². The van der Waals surface area contributed by atoms with Crippen molar-refractivity contribution in [2.24, 2.45) is 0 Å². The van der Waals surface area contributed by atoms with Crippen molar-refractivity contribution in [3.05, 3.63) is 40.8 Å². The third-order valence-electron chi connectivity index (χ3n) is 3.84. The third-order valence-corrected chi connectivity index (χ3v) is 7.34. The van der Waals surface area contributed by atoms with E-state index >= 15 is 0 Å². The number of anilines is 1. The topological polar surface area (TPSA) is 63.7 Å². The fourth-order valence-corrected chi connectivity index (χ4v) is 5.56. The minimum absolute atomic E-state index is 0.0641. The predicted octanol–water partition coefficient (Wildman–Crippen LogP) is 3.10. The number of rotatable bonds is 4. The van der Waals surface area contributed by atoms with Gasteiger partial charge in [-0.2, -0.15) is 0 Å². The zero-order valence-corrected chi connectivity index (χ0v) is 14.5. The lowest BCUT2D eigenvalue weighted by molar-refractivity contribution is 0.0981. The van der Waals surface area contributed by atoms with Crippen molar-refractivity contribution in [2.75, 3.05) is 18.0 Å². The molecule has 122 valence electrons. The molecule has 1 aliphatic rings. The first-order valence-corrected chi connectivity index (χ1v) is 9.56. The van der Waals surface area contributed by atoms with Crippen molar-refractivity contribution in [1.82, 2.24) is 0 Å². The summed E-state index contributed by atoms with van der Waals surface area (Å²) in [6, 6.07) is 8.48. The maximum absolute atomic E-state index is 13.0. The second kappa shape index (κ2) is 5.98. The van der Waals surface area contributed by atoms with E-state index in [1.807, 2.05) is 13.0 Å². The molecule has 0 fully saturated rings. The number of nitrogens with zero attached hydrogens (tertiary/aromatic N) is 1. The van der Waals surface area contributed by atoms with Crippen LogP contribution in [-0.2, 0) is 16.4 Å². The largest absolute Gasteiger partial charge is 0.495 e. The molecular formula is C16H17NO4S2. The molecule has 1 aromatic carbocycles. The number of carbonyl (C=O) groups is 1. The monoisotopic (exact) mass is 351 g/mol. The fourth-order valence-electron chi connectivity index (χ4n) is 2.65. The molecule has 0 spiro atoms. The highest BCUT2D eigenvalue weighted by molar-refractivity contribution is 7.94. The van der Waals surface area contributed by atoms with Gasteiger partial charge in [-0.25, -0.2) is 8.42 Å². The van der Waals surface area contributed by atoms with Crippen molar-refractivity contribution in [3.8, 4) is 5.75 Å². The number of benzene rings is 1. The number of carbonyl (C=O) groups excluding carboxylic acids is 1. The molecule has 0 N–H and O–H groups in total. The third kappa shape index (κ3) is 2.64. The summed E-state index contributed by atoms with van der Waals surface area (Å²) in [4.78, 5) is 13.1. The molecule has 5 nitrogen and oxygen atoms in total. The van der Waals surface area contributed by atoms with Crippen LogP contribution in [0.2, 0.25) is 0 Å². The average Bonchev–Trinajstić information content (AvgIpc) is 3.04. The van der Waals surface area contributed by atoms with Crippen LogP contribution in [0.15, 0.2) is 34.5 Å². The second-order valence-corrected chi connectivity index (χ2v) is 8.44. The lowest BCUT2D eigenvalue weighted by Gasteiger charge is -2.30. The van der Waals surface area contributed by atoms with Crippen LogP contribution in [0, 0.1) is 0 Å². The number of thiophene rings is 1. The molecule has 1 aromatic heterocycles. The van der Waals surface area contributed by atoms with Gasteiger partial charge in [-0.05, 0) is 30.7 Å². The first-order chi connectivity index (χ1) is 11.0.